The molecule has 0 bridgehead atoms. The second-order valence-corrected chi connectivity index (χ2v) is 10.8. The van der Waals surface area contributed by atoms with E-state index in [0.29, 0.717) is 0 Å². The van der Waals surface area contributed by atoms with Gasteiger partial charge in [-0.15, -0.1) is 0 Å². The molecule has 0 aliphatic heterocycles. The number of hydrogen-bond donors (Lipinski definition) is 0. The van der Waals surface area contributed by atoms with Gasteiger partial charge in [0.1, 0.15) is 0 Å². The van der Waals surface area contributed by atoms with Crippen LogP contribution in [0.5, 0.6) is 0 Å². The molecule has 8 aromatic carbocycles. The summed E-state index contributed by atoms with van der Waals surface area (Å²) in [4.78, 5) is 0. The molecule has 0 unspecified atom stereocenters. The first-order valence-electron chi connectivity index (χ1n) is 14.0. The van der Waals surface area contributed by atoms with Crippen molar-refractivity contribution in [2.24, 2.45) is 0 Å². The average molecular weight is 505 g/mol. The molecule has 0 saturated carbocycles. The normalized spacial score (nSPS) is 12.0. The van der Waals surface area contributed by atoms with E-state index in [1.54, 1.807) is 0 Å². The van der Waals surface area contributed by atoms with Crippen molar-refractivity contribution in [2.45, 2.75) is 0 Å². The van der Waals surface area contributed by atoms with Crippen LogP contribution in [0, 0.1) is 0 Å². The molecule has 9 rings (SSSR count). The van der Waals surface area contributed by atoms with Crippen molar-refractivity contribution in [1.82, 2.24) is 0 Å². The molecule has 184 valence electrons. The molecule has 0 atom stereocenters. The van der Waals surface area contributed by atoms with E-state index in [9.17, 15) is 0 Å². The lowest BCUT2D eigenvalue weighted by molar-refractivity contribution is 1.58. The highest BCUT2D eigenvalue weighted by Crippen LogP contribution is 2.55. The molecule has 40 heavy (non-hydrogen) atoms. The molecule has 0 N–H and O–H groups in total. The Morgan fingerprint density at radius 3 is 0.575 bits per heavy atom. The zero-order valence-corrected chi connectivity index (χ0v) is 21.9. The highest BCUT2D eigenvalue weighted by molar-refractivity contribution is 6.29. The first-order valence-corrected chi connectivity index (χ1v) is 14.0. The van der Waals surface area contributed by atoms with Gasteiger partial charge >= 0.3 is 0 Å². The Morgan fingerprint density at radius 2 is 0.350 bits per heavy atom. The summed E-state index contributed by atoms with van der Waals surface area (Å²) in [7, 11) is 0. The fourth-order valence-corrected chi connectivity index (χ4v) is 7.24. The van der Waals surface area contributed by atoms with Crippen molar-refractivity contribution in [2.75, 3.05) is 0 Å². The van der Waals surface area contributed by atoms with Gasteiger partial charge < -0.3 is 0 Å². The van der Waals surface area contributed by atoms with Gasteiger partial charge in [-0.25, -0.2) is 0 Å². The Kier molecular flexibility index (Phi) is 4.42. The Morgan fingerprint density at radius 1 is 0.175 bits per heavy atom. The number of benzene rings is 8. The van der Waals surface area contributed by atoms with Crippen LogP contribution in [0.3, 0.4) is 0 Å². The first-order chi connectivity index (χ1) is 19.9. The SMILES string of the molecule is c1ccc2c(c1)-c1c(c3ccccc3c3ccccc13)-c1ccccc1-c1c-2c2ccccc2c2ccccc12. The fraction of sp³-hybridized carbons (Fsp3) is 0. The fourth-order valence-electron chi connectivity index (χ4n) is 7.24. The second kappa shape index (κ2) is 8.15. The van der Waals surface area contributed by atoms with E-state index < -0.39 is 0 Å². The summed E-state index contributed by atoms with van der Waals surface area (Å²) >= 11 is 0. The molecule has 0 aromatic heterocycles. The van der Waals surface area contributed by atoms with Crippen LogP contribution in [0.4, 0.5) is 0 Å². The van der Waals surface area contributed by atoms with Crippen LogP contribution in [0.25, 0.3) is 87.6 Å². The van der Waals surface area contributed by atoms with Crippen LogP contribution in [0.15, 0.2) is 146 Å². The largest absolute Gasteiger partial charge is 0.0616 e. The first kappa shape index (κ1) is 21.7. The molecule has 0 amide bonds. The van der Waals surface area contributed by atoms with E-state index in [4.69, 9.17) is 0 Å². The smallest absolute Gasteiger partial charge is 0.00139 e. The quantitative estimate of drug-likeness (QED) is 0.180. The molecule has 1 aliphatic carbocycles. The third kappa shape index (κ3) is 2.80. The molecular weight excluding hydrogens is 480 g/mol. The lowest BCUT2D eigenvalue weighted by Gasteiger charge is -2.28. The molecule has 0 spiro atoms. The summed E-state index contributed by atoms with van der Waals surface area (Å²) in [5, 5.41) is 10.4. The minimum absolute atomic E-state index is 1.29. The van der Waals surface area contributed by atoms with Crippen molar-refractivity contribution >= 4 is 43.1 Å². The second-order valence-electron chi connectivity index (χ2n) is 10.8. The van der Waals surface area contributed by atoms with Crippen LogP contribution in [0.1, 0.15) is 0 Å². The minimum atomic E-state index is 1.29. The van der Waals surface area contributed by atoms with Gasteiger partial charge in [0.2, 0.25) is 0 Å². The van der Waals surface area contributed by atoms with Gasteiger partial charge in [0.15, 0.2) is 0 Å². The van der Waals surface area contributed by atoms with Gasteiger partial charge in [-0.2, -0.15) is 0 Å². The van der Waals surface area contributed by atoms with Crippen LogP contribution in [0.2, 0.25) is 0 Å². The monoisotopic (exact) mass is 504 g/mol. The van der Waals surface area contributed by atoms with E-state index in [-0.39, 0.29) is 0 Å². The summed E-state index contributed by atoms with van der Waals surface area (Å²) in [6.45, 7) is 0. The summed E-state index contributed by atoms with van der Waals surface area (Å²) < 4.78 is 0. The molecule has 0 heterocycles. The molecule has 0 nitrogen and oxygen atoms in total. The van der Waals surface area contributed by atoms with E-state index in [0.717, 1.165) is 0 Å². The van der Waals surface area contributed by atoms with Crippen LogP contribution in [-0.4, -0.2) is 0 Å². The molecule has 0 fully saturated rings. The Bertz CT molecular complexity index is 1990. The van der Waals surface area contributed by atoms with Gasteiger partial charge in [-0.1, -0.05) is 146 Å². The topological polar surface area (TPSA) is 0 Å². The third-order valence-electron chi connectivity index (χ3n) is 8.80. The Hall–Kier alpha value is -5.20. The number of rotatable bonds is 0. The predicted octanol–water partition coefficient (Wildman–Crippen LogP) is 11.3. The Balaban J connectivity index is 1.63. The van der Waals surface area contributed by atoms with Crippen molar-refractivity contribution in [1.29, 1.82) is 0 Å². The Labute approximate surface area is 232 Å². The zero-order chi connectivity index (χ0) is 26.2. The van der Waals surface area contributed by atoms with E-state index in [2.05, 4.69) is 146 Å². The highest BCUT2D eigenvalue weighted by atomic mass is 14.3. The summed E-state index contributed by atoms with van der Waals surface area (Å²) in [5.41, 5.74) is 10.4. The van der Waals surface area contributed by atoms with Crippen molar-refractivity contribution in [3.63, 3.8) is 0 Å². The standard InChI is InChI=1S/C40H24/c1-5-17-29-25(13-1)26-14-2-6-18-30(26)38-35-23-11-12-24-36(35)40-32-20-8-4-16-28(32)27-15-3-7-19-31(27)39(40)34-22-10-9-21-33(34)37(29)38/h1-24H. The van der Waals surface area contributed by atoms with Crippen LogP contribution >= 0.6 is 0 Å². The maximum atomic E-state index is 2.33. The van der Waals surface area contributed by atoms with Gasteiger partial charge in [0, 0.05) is 0 Å². The molecular formula is C40H24. The number of fused-ring (bicyclic) bond motifs is 18. The van der Waals surface area contributed by atoms with Gasteiger partial charge in [0.05, 0.1) is 0 Å². The van der Waals surface area contributed by atoms with Crippen LogP contribution < -0.4 is 0 Å². The lowest BCUT2D eigenvalue weighted by Crippen LogP contribution is -2.00. The van der Waals surface area contributed by atoms with E-state index >= 15 is 0 Å². The zero-order valence-electron chi connectivity index (χ0n) is 21.9. The molecule has 0 saturated heterocycles. The van der Waals surface area contributed by atoms with Crippen molar-refractivity contribution in [3.05, 3.63) is 146 Å². The summed E-state index contributed by atoms with van der Waals surface area (Å²) in [6.07, 6.45) is 0. The van der Waals surface area contributed by atoms with Crippen molar-refractivity contribution < 1.29 is 0 Å². The maximum absolute atomic E-state index is 2.33. The average Bonchev–Trinajstić information content (AvgIpc) is 3.03. The third-order valence-corrected chi connectivity index (χ3v) is 8.80. The number of hydrogen-bond acceptors (Lipinski definition) is 0. The summed E-state index contributed by atoms with van der Waals surface area (Å²) in [6, 6.07) is 53.8. The predicted molar refractivity (Wildman–Crippen MR) is 172 cm³/mol. The lowest BCUT2D eigenvalue weighted by atomic mass is 9.75. The van der Waals surface area contributed by atoms with E-state index in [1.165, 1.54) is 87.6 Å². The minimum Gasteiger partial charge on any atom is -0.0616 e. The highest BCUT2D eigenvalue weighted by Gasteiger charge is 2.28. The van der Waals surface area contributed by atoms with E-state index in [1.807, 2.05) is 0 Å². The van der Waals surface area contributed by atoms with Gasteiger partial charge in [-0.3, -0.25) is 0 Å². The van der Waals surface area contributed by atoms with Crippen LogP contribution in [-0.2, 0) is 0 Å². The summed E-state index contributed by atoms with van der Waals surface area (Å²) in [5.74, 6) is 0. The van der Waals surface area contributed by atoms with Gasteiger partial charge in [0.25, 0.3) is 0 Å². The molecule has 0 radical (unpaired) electrons. The van der Waals surface area contributed by atoms with Gasteiger partial charge in [-0.05, 0) is 87.6 Å². The molecule has 8 aromatic rings. The molecule has 0 heteroatoms. The molecule has 1 aliphatic rings. The van der Waals surface area contributed by atoms with Crippen molar-refractivity contribution in [3.8, 4) is 44.5 Å². The maximum Gasteiger partial charge on any atom is -0.00139 e.